The summed E-state index contributed by atoms with van der Waals surface area (Å²) in [5, 5.41) is 5.73. The van der Waals surface area contributed by atoms with Crippen molar-refractivity contribution in [3.05, 3.63) is 28.2 Å². The smallest absolute Gasteiger partial charge is 0.209 e. The molecule has 0 amide bonds. The molecule has 4 nitrogen and oxygen atoms in total. The summed E-state index contributed by atoms with van der Waals surface area (Å²) < 4.78 is 27.5. The monoisotopic (exact) mass is 311 g/mol. The molecule has 0 saturated heterocycles. The van der Waals surface area contributed by atoms with Gasteiger partial charge in [0, 0.05) is 5.92 Å². The van der Waals surface area contributed by atoms with E-state index in [-0.39, 0.29) is 18.3 Å². The lowest BCUT2D eigenvalue weighted by molar-refractivity contribution is 0.258. The van der Waals surface area contributed by atoms with Crippen molar-refractivity contribution >= 4 is 33.2 Å². The Hall–Kier alpha value is -0.490. The second-order valence-corrected chi connectivity index (χ2v) is 6.41. The quantitative estimate of drug-likeness (QED) is 0.878. The summed E-state index contributed by atoms with van der Waals surface area (Å²) in [4.78, 5) is 0. The molecule has 0 fully saturated rings. The Morgan fingerprint density at radius 2 is 2.06 bits per heavy atom. The molecule has 0 aromatic heterocycles. The molecule has 7 heteroatoms. The molecule has 2 N–H and O–H groups in total. The molecule has 1 aromatic carbocycles. The summed E-state index contributed by atoms with van der Waals surface area (Å²) in [5.74, 6) is 0.161. The van der Waals surface area contributed by atoms with Gasteiger partial charge in [0.15, 0.2) is 0 Å². The lowest BCUT2D eigenvalue weighted by Crippen LogP contribution is -2.26. The van der Waals surface area contributed by atoms with Crippen LogP contribution in [0.2, 0.25) is 10.0 Å². The first kappa shape index (κ1) is 15.6. The normalized spacial score (nSPS) is 13.3. The van der Waals surface area contributed by atoms with Crippen LogP contribution in [0, 0.1) is 5.92 Å². The Morgan fingerprint density at radius 1 is 1.39 bits per heavy atom. The van der Waals surface area contributed by atoms with E-state index in [9.17, 15) is 8.42 Å². The molecular formula is C11H15Cl2NO3S. The maximum absolute atomic E-state index is 11.0. The van der Waals surface area contributed by atoms with E-state index in [0.29, 0.717) is 22.2 Å². The first-order chi connectivity index (χ1) is 8.33. The highest BCUT2D eigenvalue weighted by Crippen LogP contribution is 2.31. The van der Waals surface area contributed by atoms with Crippen LogP contribution < -0.4 is 9.88 Å². The van der Waals surface area contributed by atoms with Crippen LogP contribution in [0.15, 0.2) is 18.2 Å². The lowest BCUT2D eigenvalue weighted by atomic mass is 10.1. The second kappa shape index (κ2) is 6.61. The average Bonchev–Trinajstić information content (AvgIpc) is 2.27. The minimum Gasteiger partial charge on any atom is -0.492 e. The van der Waals surface area contributed by atoms with E-state index in [4.69, 9.17) is 33.1 Å². The maximum Gasteiger partial charge on any atom is 0.209 e. The molecule has 1 unspecified atom stereocenters. The number of primary sulfonamides is 1. The molecular weight excluding hydrogens is 297 g/mol. The molecule has 0 radical (unpaired) electrons. The molecule has 0 spiro atoms. The van der Waals surface area contributed by atoms with Crippen molar-refractivity contribution in [1.29, 1.82) is 0 Å². The van der Waals surface area contributed by atoms with Gasteiger partial charge in [-0.15, -0.1) is 0 Å². The Balaban J connectivity index is 2.66. The van der Waals surface area contributed by atoms with E-state index in [2.05, 4.69) is 0 Å². The van der Waals surface area contributed by atoms with Crippen LogP contribution in [-0.4, -0.2) is 20.8 Å². The molecule has 18 heavy (non-hydrogen) atoms. The first-order valence-corrected chi connectivity index (χ1v) is 7.88. The van der Waals surface area contributed by atoms with Crippen LogP contribution in [0.1, 0.15) is 13.3 Å². The highest BCUT2D eigenvalue weighted by Gasteiger charge is 2.16. The van der Waals surface area contributed by atoms with Gasteiger partial charge >= 0.3 is 0 Å². The topological polar surface area (TPSA) is 69.4 Å². The van der Waals surface area contributed by atoms with Gasteiger partial charge in [0.25, 0.3) is 0 Å². The van der Waals surface area contributed by atoms with E-state index >= 15 is 0 Å². The van der Waals surface area contributed by atoms with E-state index in [1.807, 2.05) is 6.92 Å². The fourth-order valence-corrected chi connectivity index (χ4v) is 2.75. The van der Waals surface area contributed by atoms with Crippen molar-refractivity contribution < 1.29 is 13.2 Å². The number of ether oxygens (including phenoxy) is 1. The lowest BCUT2D eigenvalue weighted by Gasteiger charge is -2.15. The van der Waals surface area contributed by atoms with Crippen LogP contribution >= 0.6 is 23.2 Å². The Morgan fingerprint density at radius 3 is 2.61 bits per heavy atom. The predicted molar refractivity (Wildman–Crippen MR) is 73.7 cm³/mol. The van der Waals surface area contributed by atoms with Gasteiger partial charge in [0.1, 0.15) is 10.8 Å². The Kier molecular flexibility index (Phi) is 5.72. The van der Waals surface area contributed by atoms with Gasteiger partial charge in [-0.2, -0.15) is 0 Å². The minimum absolute atomic E-state index is 0.109. The molecule has 0 saturated carbocycles. The first-order valence-electron chi connectivity index (χ1n) is 5.40. The second-order valence-electron chi connectivity index (χ2n) is 3.97. The van der Waals surface area contributed by atoms with Crippen LogP contribution in [0.4, 0.5) is 0 Å². The van der Waals surface area contributed by atoms with Crippen LogP contribution in [0.25, 0.3) is 0 Å². The number of halogens is 2. The zero-order valence-electron chi connectivity index (χ0n) is 9.90. The molecule has 0 aliphatic carbocycles. The zero-order chi connectivity index (χ0) is 13.8. The number of sulfonamides is 1. The molecule has 1 atom stereocenters. The number of hydrogen-bond donors (Lipinski definition) is 1. The third kappa shape index (κ3) is 5.02. The van der Waals surface area contributed by atoms with Gasteiger partial charge in [-0.1, -0.05) is 36.2 Å². The van der Waals surface area contributed by atoms with Crippen LogP contribution in [0.5, 0.6) is 5.75 Å². The fourth-order valence-electron chi connectivity index (χ4n) is 1.42. The van der Waals surface area contributed by atoms with Crippen molar-refractivity contribution in [2.24, 2.45) is 11.1 Å². The van der Waals surface area contributed by atoms with E-state index in [1.165, 1.54) is 0 Å². The highest BCUT2D eigenvalue weighted by atomic mass is 35.5. The standard InChI is InChI=1S/C11H15Cl2NO3S/c1-2-8(7-18(14,15)16)6-17-10-5-3-4-9(12)11(10)13/h3-5,8H,2,6-7H2,1H3,(H2,14,15,16). The van der Waals surface area contributed by atoms with E-state index in [1.54, 1.807) is 18.2 Å². The summed E-state index contributed by atoms with van der Waals surface area (Å²) >= 11 is 11.8. The maximum atomic E-state index is 11.0. The van der Waals surface area contributed by atoms with Crippen LogP contribution in [-0.2, 0) is 10.0 Å². The predicted octanol–water partition coefficient (Wildman–Crippen LogP) is 2.69. The molecule has 0 aliphatic rings. The SMILES string of the molecule is CCC(COc1cccc(Cl)c1Cl)CS(N)(=O)=O. The number of rotatable bonds is 6. The molecule has 102 valence electrons. The van der Waals surface area contributed by atoms with Crippen molar-refractivity contribution in [1.82, 2.24) is 0 Å². The average molecular weight is 312 g/mol. The summed E-state index contributed by atoms with van der Waals surface area (Å²) in [6, 6.07) is 5.04. The minimum atomic E-state index is -3.50. The Labute approximate surface area is 117 Å². The zero-order valence-corrected chi connectivity index (χ0v) is 12.2. The molecule has 1 rings (SSSR count). The molecule has 0 heterocycles. The van der Waals surface area contributed by atoms with E-state index < -0.39 is 10.0 Å². The van der Waals surface area contributed by atoms with Gasteiger partial charge in [0.05, 0.1) is 17.4 Å². The van der Waals surface area contributed by atoms with Gasteiger partial charge in [-0.25, -0.2) is 13.6 Å². The highest BCUT2D eigenvalue weighted by molar-refractivity contribution is 7.89. The molecule has 0 aliphatic heterocycles. The van der Waals surface area contributed by atoms with Crippen molar-refractivity contribution in [3.63, 3.8) is 0 Å². The fraction of sp³-hybridized carbons (Fsp3) is 0.455. The largest absolute Gasteiger partial charge is 0.492 e. The number of hydrogen-bond acceptors (Lipinski definition) is 3. The third-order valence-electron chi connectivity index (χ3n) is 2.44. The third-order valence-corrected chi connectivity index (χ3v) is 4.17. The van der Waals surface area contributed by atoms with Gasteiger partial charge in [-0.05, 0) is 18.6 Å². The van der Waals surface area contributed by atoms with Gasteiger partial charge in [0.2, 0.25) is 10.0 Å². The summed E-state index contributed by atoms with van der Waals surface area (Å²) in [5.41, 5.74) is 0. The Bertz CT molecular complexity index is 505. The van der Waals surface area contributed by atoms with Gasteiger partial charge < -0.3 is 4.74 Å². The summed E-state index contributed by atoms with van der Waals surface area (Å²) in [6.45, 7) is 2.10. The van der Waals surface area contributed by atoms with Gasteiger partial charge in [-0.3, -0.25) is 0 Å². The van der Waals surface area contributed by atoms with Crippen molar-refractivity contribution in [3.8, 4) is 5.75 Å². The van der Waals surface area contributed by atoms with E-state index in [0.717, 1.165) is 0 Å². The van der Waals surface area contributed by atoms with Crippen LogP contribution in [0.3, 0.4) is 0 Å². The summed E-state index contributed by atoms with van der Waals surface area (Å²) in [7, 11) is -3.50. The molecule has 1 aromatic rings. The van der Waals surface area contributed by atoms with Crippen molar-refractivity contribution in [2.45, 2.75) is 13.3 Å². The summed E-state index contributed by atoms with van der Waals surface area (Å²) in [6.07, 6.45) is 0.647. The van der Waals surface area contributed by atoms with Crippen molar-refractivity contribution in [2.75, 3.05) is 12.4 Å². The number of nitrogens with two attached hydrogens (primary N) is 1. The number of benzene rings is 1. The molecule has 0 bridgehead atoms.